The number of aryl methyl sites for hydroxylation is 2. The molecule has 0 saturated heterocycles. The summed E-state index contributed by atoms with van der Waals surface area (Å²) in [5.74, 6) is 0. The van der Waals surface area contributed by atoms with Crippen molar-refractivity contribution < 1.29 is 0 Å². The lowest BCUT2D eigenvalue weighted by molar-refractivity contribution is 0.965. The summed E-state index contributed by atoms with van der Waals surface area (Å²) in [4.78, 5) is 5.01. The first-order chi connectivity index (χ1) is 9.42. The van der Waals surface area contributed by atoms with Crippen LogP contribution in [-0.2, 0) is 12.8 Å². The van der Waals surface area contributed by atoms with Gasteiger partial charge in [0.05, 0.1) is 11.8 Å². The van der Waals surface area contributed by atoms with Crippen LogP contribution in [0.25, 0.3) is 0 Å². The molecule has 2 aliphatic carbocycles. The van der Waals surface area contributed by atoms with Crippen LogP contribution in [0.2, 0.25) is 0 Å². The van der Waals surface area contributed by atoms with Crippen LogP contribution in [0.4, 0.5) is 0 Å². The van der Waals surface area contributed by atoms with Gasteiger partial charge in [-0.05, 0) is 36.8 Å². The third-order valence-electron chi connectivity index (χ3n) is 4.07. The number of hydrogen-bond acceptors (Lipinski definition) is 1. The first-order valence-corrected chi connectivity index (χ1v) is 7.16. The fourth-order valence-electron chi connectivity index (χ4n) is 2.88. The van der Waals surface area contributed by atoms with Crippen LogP contribution >= 0.6 is 0 Å². The van der Waals surface area contributed by atoms with Crippen molar-refractivity contribution in [1.82, 2.24) is 0 Å². The Morgan fingerprint density at radius 2 is 1.26 bits per heavy atom. The maximum Gasteiger partial charge on any atom is 0.0727 e. The van der Waals surface area contributed by atoms with Crippen LogP contribution in [0.15, 0.2) is 53.5 Å². The van der Waals surface area contributed by atoms with Crippen LogP contribution < -0.4 is 0 Å². The highest BCUT2D eigenvalue weighted by atomic mass is 14.8. The highest BCUT2D eigenvalue weighted by molar-refractivity contribution is 6.15. The van der Waals surface area contributed by atoms with Gasteiger partial charge in [0.15, 0.2) is 0 Å². The Bertz CT molecular complexity index is 601. The number of fused-ring (bicyclic) bond motifs is 2. The molecule has 1 fully saturated rings. The van der Waals surface area contributed by atoms with E-state index in [9.17, 15) is 0 Å². The molecule has 0 atom stereocenters. The van der Waals surface area contributed by atoms with Gasteiger partial charge in [-0.25, -0.2) is 0 Å². The standard InChI is InChI=1S/C18H17N/c1-3-7-16-13(5-1)9-10-14-6-2-4-8-17(14)18(16)19-15-11-12-15/h1-8,15H,9-12H2. The molecule has 0 spiro atoms. The smallest absolute Gasteiger partial charge is 0.0727 e. The molecule has 94 valence electrons. The van der Waals surface area contributed by atoms with Gasteiger partial charge < -0.3 is 0 Å². The molecule has 0 bridgehead atoms. The molecular formula is C18H17N. The minimum Gasteiger partial charge on any atom is -0.281 e. The highest BCUT2D eigenvalue weighted by Crippen LogP contribution is 2.30. The van der Waals surface area contributed by atoms with Gasteiger partial charge in [-0.3, -0.25) is 4.99 Å². The lowest BCUT2D eigenvalue weighted by Crippen LogP contribution is -2.07. The molecule has 0 amide bonds. The molecule has 0 aliphatic heterocycles. The Morgan fingerprint density at radius 1 is 0.737 bits per heavy atom. The SMILES string of the molecule is c1ccc2c(c1)CCc1ccccc1C2=NC1CC1. The average Bonchev–Trinajstić information content (AvgIpc) is 3.28. The van der Waals surface area contributed by atoms with Crippen molar-refractivity contribution in [2.45, 2.75) is 31.7 Å². The predicted octanol–water partition coefficient (Wildman–Crippen LogP) is 3.79. The fraction of sp³-hybridized carbons (Fsp3) is 0.278. The Morgan fingerprint density at radius 3 is 1.79 bits per heavy atom. The minimum atomic E-state index is 0.564. The van der Waals surface area contributed by atoms with Gasteiger partial charge in [0.2, 0.25) is 0 Å². The zero-order valence-electron chi connectivity index (χ0n) is 11.0. The zero-order chi connectivity index (χ0) is 12.7. The summed E-state index contributed by atoms with van der Waals surface area (Å²) in [6, 6.07) is 18.1. The summed E-state index contributed by atoms with van der Waals surface area (Å²) < 4.78 is 0. The van der Waals surface area contributed by atoms with Gasteiger partial charge in [0, 0.05) is 11.1 Å². The van der Waals surface area contributed by atoms with E-state index in [1.165, 1.54) is 40.8 Å². The lowest BCUT2D eigenvalue weighted by Gasteiger charge is -2.10. The molecule has 0 radical (unpaired) electrons. The monoisotopic (exact) mass is 247 g/mol. The van der Waals surface area contributed by atoms with Gasteiger partial charge in [-0.1, -0.05) is 48.5 Å². The molecule has 2 aromatic rings. The Hall–Kier alpha value is -1.89. The summed E-state index contributed by atoms with van der Waals surface area (Å²) in [5.41, 5.74) is 6.81. The van der Waals surface area contributed by atoms with Crippen molar-refractivity contribution in [2.75, 3.05) is 0 Å². The predicted molar refractivity (Wildman–Crippen MR) is 79.0 cm³/mol. The van der Waals surface area contributed by atoms with E-state index < -0.39 is 0 Å². The molecule has 2 aliphatic rings. The van der Waals surface area contributed by atoms with Crippen molar-refractivity contribution in [3.63, 3.8) is 0 Å². The molecule has 19 heavy (non-hydrogen) atoms. The molecule has 1 nitrogen and oxygen atoms in total. The van der Waals surface area contributed by atoms with E-state index in [1.807, 2.05) is 0 Å². The van der Waals surface area contributed by atoms with Gasteiger partial charge >= 0.3 is 0 Å². The third-order valence-corrected chi connectivity index (χ3v) is 4.07. The minimum absolute atomic E-state index is 0.564. The molecule has 0 unspecified atom stereocenters. The largest absolute Gasteiger partial charge is 0.281 e. The molecular weight excluding hydrogens is 230 g/mol. The number of benzene rings is 2. The van der Waals surface area contributed by atoms with Crippen LogP contribution in [0.1, 0.15) is 35.1 Å². The first-order valence-electron chi connectivity index (χ1n) is 7.16. The summed E-state index contributed by atoms with van der Waals surface area (Å²) in [6.45, 7) is 0. The molecule has 1 heteroatoms. The van der Waals surface area contributed by atoms with Crippen molar-refractivity contribution in [3.05, 3.63) is 70.8 Å². The average molecular weight is 247 g/mol. The van der Waals surface area contributed by atoms with Crippen molar-refractivity contribution in [2.24, 2.45) is 4.99 Å². The normalized spacial score (nSPS) is 17.4. The first kappa shape index (κ1) is 11.0. The summed E-state index contributed by atoms with van der Waals surface area (Å²) in [6.07, 6.45) is 4.76. The van der Waals surface area contributed by atoms with E-state index in [4.69, 9.17) is 4.99 Å². The third kappa shape index (κ3) is 1.99. The van der Waals surface area contributed by atoms with E-state index >= 15 is 0 Å². The van der Waals surface area contributed by atoms with Crippen LogP contribution in [0.5, 0.6) is 0 Å². The van der Waals surface area contributed by atoms with Gasteiger partial charge in [0.25, 0.3) is 0 Å². The second-order valence-corrected chi connectivity index (χ2v) is 5.52. The molecule has 0 aromatic heterocycles. The molecule has 1 saturated carbocycles. The Labute approximate surface area is 114 Å². The Balaban J connectivity index is 1.95. The van der Waals surface area contributed by atoms with E-state index in [0.717, 1.165) is 12.8 Å². The number of nitrogens with zero attached hydrogens (tertiary/aromatic N) is 1. The maximum atomic E-state index is 5.01. The topological polar surface area (TPSA) is 12.4 Å². The van der Waals surface area contributed by atoms with Gasteiger partial charge in [-0.15, -0.1) is 0 Å². The highest BCUT2D eigenvalue weighted by Gasteiger charge is 2.24. The summed E-state index contributed by atoms with van der Waals surface area (Å²) in [7, 11) is 0. The van der Waals surface area contributed by atoms with Crippen LogP contribution in [0, 0.1) is 0 Å². The lowest BCUT2D eigenvalue weighted by atomic mass is 9.98. The van der Waals surface area contributed by atoms with E-state index in [1.54, 1.807) is 0 Å². The van der Waals surface area contributed by atoms with Crippen molar-refractivity contribution >= 4 is 5.71 Å². The van der Waals surface area contributed by atoms with Gasteiger partial charge in [-0.2, -0.15) is 0 Å². The zero-order valence-corrected chi connectivity index (χ0v) is 11.0. The van der Waals surface area contributed by atoms with Crippen LogP contribution in [0.3, 0.4) is 0 Å². The quantitative estimate of drug-likeness (QED) is 0.727. The molecule has 0 N–H and O–H groups in total. The number of rotatable bonds is 1. The maximum absolute atomic E-state index is 5.01. The summed E-state index contributed by atoms with van der Waals surface area (Å²) >= 11 is 0. The van der Waals surface area contributed by atoms with Gasteiger partial charge in [0.1, 0.15) is 0 Å². The van der Waals surface area contributed by atoms with Crippen molar-refractivity contribution in [1.29, 1.82) is 0 Å². The molecule has 4 rings (SSSR count). The fourth-order valence-corrected chi connectivity index (χ4v) is 2.88. The van der Waals surface area contributed by atoms with E-state index in [-0.39, 0.29) is 0 Å². The van der Waals surface area contributed by atoms with Crippen LogP contribution in [-0.4, -0.2) is 11.8 Å². The van der Waals surface area contributed by atoms with Crippen molar-refractivity contribution in [3.8, 4) is 0 Å². The Kier molecular flexibility index (Phi) is 2.51. The molecule has 0 heterocycles. The van der Waals surface area contributed by atoms with E-state index in [0.29, 0.717) is 6.04 Å². The molecule has 2 aromatic carbocycles. The van der Waals surface area contributed by atoms with E-state index in [2.05, 4.69) is 48.5 Å². The second-order valence-electron chi connectivity index (χ2n) is 5.52. The summed E-state index contributed by atoms with van der Waals surface area (Å²) in [5, 5.41) is 0. The second kappa shape index (κ2) is 4.34. The number of aliphatic imine (C=N–C) groups is 1. The number of hydrogen-bond donors (Lipinski definition) is 0.